The van der Waals surface area contributed by atoms with Crippen LogP contribution in [-0.2, 0) is 11.3 Å². The van der Waals surface area contributed by atoms with Gasteiger partial charge in [0.05, 0.1) is 26.7 Å². The fourth-order valence-electron chi connectivity index (χ4n) is 2.69. The fourth-order valence-corrected chi connectivity index (χ4v) is 3.79. The second kappa shape index (κ2) is 8.99. The van der Waals surface area contributed by atoms with Crippen molar-refractivity contribution >= 4 is 57.5 Å². The molecule has 0 radical (unpaired) electrons. The number of benzene rings is 2. The zero-order valence-corrected chi connectivity index (χ0v) is 17.7. The second-order valence-corrected chi connectivity index (χ2v) is 8.44. The monoisotopic (exact) mass is 435 g/mol. The Labute approximate surface area is 177 Å². The highest BCUT2D eigenvalue weighted by molar-refractivity contribution is 7.99. The van der Waals surface area contributed by atoms with Crippen LogP contribution in [0.15, 0.2) is 52.4 Å². The molecular formula is C20H19Cl2N3O2S. The highest BCUT2D eigenvalue weighted by atomic mass is 35.5. The lowest BCUT2D eigenvalue weighted by molar-refractivity contribution is -0.113. The van der Waals surface area contributed by atoms with Gasteiger partial charge in [0.15, 0.2) is 5.16 Å². The Bertz CT molecular complexity index is 1080. The van der Waals surface area contributed by atoms with Crippen LogP contribution in [0, 0.1) is 5.92 Å². The number of hydrogen-bond donors (Lipinski definition) is 1. The first-order valence-corrected chi connectivity index (χ1v) is 10.5. The van der Waals surface area contributed by atoms with Crippen LogP contribution in [0.4, 0.5) is 5.69 Å². The van der Waals surface area contributed by atoms with Crippen LogP contribution < -0.4 is 10.9 Å². The van der Waals surface area contributed by atoms with Crippen molar-refractivity contribution in [2.45, 2.75) is 25.5 Å². The van der Waals surface area contributed by atoms with Crippen molar-refractivity contribution < 1.29 is 4.79 Å². The molecule has 1 heterocycles. The molecule has 3 rings (SSSR count). The third kappa shape index (κ3) is 4.87. The van der Waals surface area contributed by atoms with Crippen LogP contribution in [-0.4, -0.2) is 21.2 Å². The number of thioether (sulfide) groups is 1. The van der Waals surface area contributed by atoms with Crippen LogP contribution in [0.3, 0.4) is 0 Å². The van der Waals surface area contributed by atoms with Crippen LogP contribution in [0.1, 0.15) is 13.8 Å². The number of carbonyl (C=O) groups is 1. The molecular weight excluding hydrogens is 417 g/mol. The maximum absolute atomic E-state index is 12.9. The Morgan fingerprint density at radius 3 is 2.64 bits per heavy atom. The van der Waals surface area contributed by atoms with E-state index < -0.39 is 0 Å². The van der Waals surface area contributed by atoms with E-state index in [0.29, 0.717) is 38.3 Å². The highest BCUT2D eigenvalue weighted by Gasteiger charge is 2.14. The lowest BCUT2D eigenvalue weighted by Crippen LogP contribution is -2.26. The van der Waals surface area contributed by atoms with E-state index in [1.807, 2.05) is 26.0 Å². The van der Waals surface area contributed by atoms with Crippen molar-refractivity contribution in [3.8, 4) is 0 Å². The van der Waals surface area contributed by atoms with Crippen molar-refractivity contribution in [2.24, 2.45) is 5.92 Å². The SMILES string of the molecule is CC(C)Cn1c(SCC(=O)Nc2ccc(Cl)c(Cl)c2)nc2ccccc2c1=O. The average molecular weight is 436 g/mol. The van der Waals surface area contributed by atoms with E-state index >= 15 is 0 Å². The normalized spacial score (nSPS) is 11.2. The summed E-state index contributed by atoms with van der Waals surface area (Å²) in [7, 11) is 0. The molecule has 0 atom stereocenters. The fraction of sp³-hybridized carbons (Fsp3) is 0.250. The van der Waals surface area contributed by atoms with Crippen molar-refractivity contribution in [1.29, 1.82) is 0 Å². The molecule has 0 aliphatic rings. The van der Waals surface area contributed by atoms with Gasteiger partial charge in [0.25, 0.3) is 5.56 Å². The number of halogens is 2. The van der Waals surface area contributed by atoms with Crippen molar-refractivity contribution in [3.05, 3.63) is 62.9 Å². The molecule has 0 saturated heterocycles. The molecule has 0 saturated carbocycles. The van der Waals surface area contributed by atoms with Gasteiger partial charge in [0.1, 0.15) is 0 Å². The van der Waals surface area contributed by atoms with E-state index in [4.69, 9.17) is 23.2 Å². The van der Waals surface area contributed by atoms with Crippen LogP contribution >= 0.6 is 35.0 Å². The average Bonchev–Trinajstić information content (AvgIpc) is 2.65. The third-order valence-electron chi connectivity index (χ3n) is 3.91. The minimum Gasteiger partial charge on any atom is -0.325 e. The van der Waals surface area contributed by atoms with Gasteiger partial charge in [0.2, 0.25) is 5.91 Å². The highest BCUT2D eigenvalue weighted by Crippen LogP contribution is 2.25. The number of hydrogen-bond acceptors (Lipinski definition) is 4. The quantitative estimate of drug-likeness (QED) is 0.432. The number of anilines is 1. The zero-order valence-electron chi connectivity index (χ0n) is 15.4. The zero-order chi connectivity index (χ0) is 20.3. The lowest BCUT2D eigenvalue weighted by atomic mass is 10.2. The molecule has 8 heteroatoms. The Kier molecular flexibility index (Phi) is 6.65. The smallest absolute Gasteiger partial charge is 0.262 e. The molecule has 3 aromatic rings. The molecule has 0 aliphatic carbocycles. The number of aromatic nitrogens is 2. The standard InChI is InChI=1S/C20H19Cl2N3O2S/c1-12(2)10-25-19(27)14-5-3-4-6-17(14)24-20(25)28-11-18(26)23-13-7-8-15(21)16(22)9-13/h3-9,12H,10-11H2,1-2H3,(H,23,26). The number of amides is 1. The molecule has 0 bridgehead atoms. The molecule has 1 aromatic heterocycles. The Morgan fingerprint density at radius 1 is 1.18 bits per heavy atom. The summed E-state index contributed by atoms with van der Waals surface area (Å²) in [6.45, 7) is 4.60. The molecule has 0 aliphatic heterocycles. The van der Waals surface area contributed by atoms with E-state index in [2.05, 4.69) is 10.3 Å². The van der Waals surface area contributed by atoms with E-state index in [0.717, 1.165) is 0 Å². The Balaban J connectivity index is 1.81. The summed E-state index contributed by atoms with van der Waals surface area (Å²) < 4.78 is 1.64. The van der Waals surface area contributed by atoms with Gasteiger partial charge >= 0.3 is 0 Å². The summed E-state index contributed by atoms with van der Waals surface area (Å²) in [5, 5.41) is 4.67. The van der Waals surface area contributed by atoms with Crippen LogP contribution in [0.2, 0.25) is 10.0 Å². The summed E-state index contributed by atoms with van der Waals surface area (Å²) in [5.41, 5.74) is 1.10. The minimum atomic E-state index is -0.220. The molecule has 0 fully saturated rings. The van der Waals surface area contributed by atoms with Gasteiger partial charge in [-0.15, -0.1) is 0 Å². The number of rotatable bonds is 6. The van der Waals surface area contributed by atoms with E-state index in [-0.39, 0.29) is 23.1 Å². The van der Waals surface area contributed by atoms with Crippen molar-refractivity contribution in [2.75, 3.05) is 11.1 Å². The largest absolute Gasteiger partial charge is 0.325 e. The van der Waals surface area contributed by atoms with Crippen LogP contribution in [0.25, 0.3) is 10.9 Å². The predicted octanol–water partition coefficient (Wildman–Crippen LogP) is 5.09. The molecule has 0 spiro atoms. The van der Waals surface area contributed by atoms with Gasteiger partial charge < -0.3 is 5.32 Å². The predicted molar refractivity (Wildman–Crippen MR) is 117 cm³/mol. The van der Waals surface area contributed by atoms with Crippen molar-refractivity contribution in [3.63, 3.8) is 0 Å². The number of fused-ring (bicyclic) bond motifs is 1. The summed E-state index contributed by atoms with van der Waals surface area (Å²) in [4.78, 5) is 29.8. The first-order valence-electron chi connectivity index (χ1n) is 8.72. The minimum absolute atomic E-state index is 0.0910. The number of para-hydroxylation sites is 1. The molecule has 1 N–H and O–H groups in total. The van der Waals surface area contributed by atoms with E-state index in [1.54, 1.807) is 34.9 Å². The number of carbonyl (C=O) groups excluding carboxylic acids is 1. The number of nitrogens with one attached hydrogen (secondary N) is 1. The molecule has 1 amide bonds. The maximum atomic E-state index is 12.9. The first-order chi connectivity index (χ1) is 13.3. The van der Waals surface area contributed by atoms with E-state index in [9.17, 15) is 9.59 Å². The molecule has 0 unspecified atom stereocenters. The number of nitrogens with zero attached hydrogens (tertiary/aromatic N) is 2. The topological polar surface area (TPSA) is 64.0 Å². The van der Waals surface area contributed by atoms with E-state index in [1.165, 1.54) is 11.8 Å². The molecule has 2 aromatic carbocycles. The van der Waals surface area contributed by atoms with Gasteiger partial charge in [-0.2, -0.15) is 0 Å². The Hall–Kier alpha value is -2.02. The molecule has 5 nitrogen and oxygen atoms in total. The summed E-state index contributed by atoms with van der Waals surface area (Å²) >= 11 is 13.1. The van der Waals surface area contributed by atoms with Gasteiger partial charge in [-0.3, -0.25) is 14.2 Å². The first kappa shape index (κ1) is 20.7. The van der Waals surface area contributed by atoms with Crippen molar-refractivity contribution in [1.82, 2.24) is 9.55 Å². The summed E-state index contributed by atoms with van der Waals surface area (Å²) in [6.07, 6.45) is 0. The lowest BCUT2D eigenvalue weighted by Gasteiger charge is -2.15. The second-order valence-electron chi connectivity index (χ2n) is 6.69. The van der Waals surface area contributed by atoms with Gasteiger partial charge in [-0.05, 0) is 36.2 Å². The molecule has 146 valence electrons. The summed E-state index contributed by atoms with van der Waals surface area (Å²) in [5.74, 6) is 0.162. The van der Waals surface area contributed by atoms with Crippen LogP contribution in [0.5, 0.6) is 0 Å². The maximum Gasteiger partial charge on any atom is 0.262 e. The Morgan fingerprint density at radius 2 is 1.93 bits per heavy atom. The van der Waals surface area contributed by atoms with Gasteiger partial charge in [-0.25, -0.2) is 4.98 Å². The summed E-state index contributed by atoms with van der Waals surface area (Å²) in [6, 6.07) is 12.1. The molecule has 28 heavy (non-hydrogen) atoms. The van der Waals surface area contributed by atoms with Gasteiger partial charge in [0, 0.05) is 12.2 Å². The van der Waals surface area contributed by atoms with Gasteiger partial charge in [-0.1, -0.05) is 60.9 Å². The third-order valence-corrected chi connectivity index (χ3v) is 5.63.